The van der Waals surface area contributed by atoms with Crippen molar-refractivity contribution in [3.05, 3.63) is 65.6 Å². The van der Waals surface area contributed by atoms with Gasteiger partial charge in [-0.1, -0.05) is 50.2 Å². The van der Waals surface area contributed by atoms with E-state index in [0.717, 1.165) is 30.6 Å². The highest BCUT2D eigenvalue weighted by atomic mass is 32.2. The highest BCUT2D eigenvalue weighted by Crippen LogP contribution is 2.30. The second-order valence-electron chi connectivity index (χ2n) is 9.02. The number of aromatic nitrogens is 3. The van der Waals surface area contributed by atoms with Crippen molar-refractivity contribution in [2.75, 3.05) is 19.7 Å². The molecule has 184 valence electrons. The number of hydrogen-bond donors (Lipinski definition) is 1. The van der Waals surface area contributed by atoms with Crippen molar-refractivity contribution in [2.24, 2.45) is 0 Å². The largest absolute Gasteiger partial charge is 0.375 e. The first-order chi connectivity index (χ1) is 16.4. The molecule has 3 aromatic rings. The van der Waals surface area contributed by atoms with Crippen molar-refractivity contribution in [3.63, 3.8) is 0 Å². The van der Waals surface area contributed by atoms with Crippen molar-refractivity contribution >= 4 is 15.7 Å². The Kier molecular flexibility index (Phi) is 7.98. The number of fused-ring (bicyclic) bond motifs is 1. The summed E-state index contributed by atoms with van der Waals surface area (Å²) >= 11 is 0. The molecule has 0 bridgehead atoms. The minimum atomic E-state index is -3.58. The first-order valence-electron chi connectivity index (χ1n) is 12.1. The zero-order valence-corrected chi connectivity index (χ0v) is 21.0. The molecule has 2 heterocycles. The Labute approximate surface area is 202 Å². The van der Waals surface area contributed by atoms with Gasteiger partial charge >= 0.3 is 0 Å². The molecule has 2 aromatic heterocycles. The summed E-state index contributed by atoms with van der Waals surface area (Å²) in [6, 6.07) is 13.4. The molecule has 8 nitrogen and oxygen atoms in total. The number of pyridine rings is 1. The Bertz CT molecular complexity index is 1180. The first-order valence-corrected chi connectivity index (χ1v) is 13.6. The number of aryl methyl sites for hydroxylation is 1. The van der Waals surface area contributed by atoms with E-state index in [1.54, 1.807) is 0 Å². The van der Waals surface area contributed by atoms with Crippen LogP contribution < -0.4 is 4.72 Å². The number of nitrogens with zero attached hydrogens (tertiary/aromatic N) is 4. The maximum Gasteiger partial charge on any atom is 0.215 e. The Morgan fingerprint density at radius 3 is 2.62 bits per heavy atom. The zero-order chi connectivity index (χ0) is 24.1. The third-order valence-electron chi connectivity index (χ3n) is 6.72. The predicted molar refractivity (Wildman–Crippen MR) is 133 cm³/mol. The molecule has 1 aromatic carbocycles. The van der Waals surface area contributed by atoms with Gasteiger partial charge in [0.15, 0.2) is 11.5 Å². The fraction of sp³-hybridized carbons (Fsp3) is 0.520. The molecule has 4 rings (SSSR count). The SMILES string of the molecule is CCN(CC)C1CCC(S(=O)(=O)NC(COCc2ccccc2)c2nnc3ccc(C)cn23)C1. The summed E-state index contributed by atoms with van der Waals surface area (Å²) < 4.78 is 37.7. The monoisotopic (exact) mass is 485 g/mol. The van der Waals surface area contributed by atoms with Crippen LogP contribution in [0.4, 0.5) is 0 Å². The van der Waals surface area contributed by atoms with E-state index in [2.05, 4.69) is 33.7 Å². The normalized spacial score (nSPS) is 19.8. The average molecular weight is 486 g/mol. The van der Waals surface area contributed by atoms with E-state index in [-0.39, 0.29) is 6.61 Å². The Morgan fingerprint density at radius 1 is 1.12 bits per heavy atom. The average Bonchev–Trinajstić information content (AvgIpc) is 3.48. The van der Waals surface area contributed by atoms with Gasteiger partial charge in [0.05, 0.1) is 18.5 Å². The summed E-state index contributed by atoms with van der Waals surface area (Å²) in [6.07, 6.45) is 4.13. The number of sulfonamides is 1. The van der Waals surface area contributed by atoms with E-state index in [4.69, 9.17) is 4.74 Å². The summed E-state index contributed by atoms with van der Waals surface area (Å²) in [5, 5.41) is 8.17. The topological polar surface area (TPSA) is 88.8 Å². The van der Waals surface area contributed by atoms with Gasteiger partial charge in [-0.25, -0.2) is 13.1 Å². The highest BCUT2D eigenvalue weighted by Gasteiger charge is 2.38. The van der Waals surface area contributed by atoms with Crippen LogP contribution in [0.15, 0.2) is 48.7 Å². The van der Waals surface area contributed by atoms with Gasteiger partial charge in [-0.05, 0) is 56.5 Å². The van der Waals surface area contributed by atoms with Crippen LogP contribution in [0.25, 0.3) is 5.65 Å². The lowest BCUT2D eigenvalue weighted by Gasteiger charge is -2.26. The van der Waals surface area contributed by atoms with E-state index >= 15 is 0 Å². The van der Waals surface area contributed by atoms with Crippen molar-refractivity contribution in [1.29, 1.82) is 0 Å². The van der Waals surface area contributed by atoms with Gasteiger partial charge < -0.3 is 9.64 Å². The van der Waals surface area contributed by atoms with Crippen LogP contribution >= 0.6 is 0 Å². The van der Waals surface area contributed by atoms with E-state index in [1.165, 1.54) is 0 Å². The lowest BCUT2D eigenvalue weighted by molar-refractivity contribution is 0.102. The third-order valence-corrected chi connectivity index (χ3v) is 8.63. The van der Waals surface area contributed by atoms with Crippen LogP contribution in [0.2, 0.25) is 0 Å². The van der Waals surface area contributed by atoms with Gasteiger partial charge in [-0.15, -0.1) is 10.2 Å². The fourth-order valence-electron chi connectivity index (χ4n) is 4.85. The summed E-state index contributed by atoms with van der Waals surface area (Å²) in [5.74, 6) is 0.536. The molecule has 1 N–H and O–H groups in total. The molecule has 1 aliphatic carbocycles. The zero-order valence-electron chi connectivity index (χ0n) is 20.2. The maximum atomic E-state index is 13.5. The molecule has 0 spiro atoms. The molecular weight excluding hydrogens is 450 g/mol. The van der Waals surface area contributed by atoms with E-state index in [1.807, 2.05) is 60.0 Å². The molecule has 0 radical (unpaired) electrons. The third kappa shape index (κ3) is 5.66. The van der Waals surface area contributed by atoms with Gasteiger partial charge in [0.25, 0.3) is 0 Å². The first kappa shape index (κ1) is 24.8. The van der Waals surface area contributed by atoms with Crippen LogP contribution in [0.5, 0.6) is 0 Å². The quantitative estimate of drug-likeness (QED) is 0.447. The molecule has 34 heavy (non-hydrogen) atoms. The summed E-state index contributed by atoms with van der Waals surface area (Å²) in [6.45, 7) is 8.66. The number of rotatable bonds is 11. The predicted octanol–water partition coefficient (Wildman–Crippen LogP) is 3.48. The van der Waals surface area contributed by atoms with E-state index in [9.17, 15) is 8.42 Å². The lowest BCUT2D eigenvalue weighted by Crippen LogP contribution is -2.40. The van der Waals surface area contributed by atoms with Gasteiger partial charge in [0, 0.05) is 12.2 Å². The number of hydrogen-bond acceptors (Lipinski definition) is 6. The number of ether oxygens (including phenoxy) is 1. The molecule has 0 saturated heterocycles. The highest BCUT2D eigenvalue weighted by molar-refractivity contribution is 7.90. The Balaban J connectivity index is 1.54. The second kappa shape index (κ2) is 10.9. The van der Waals surface area contributed by atoms with Gasteiger partial charge in [-0.3, -0.25) is 4.40 Å². The smallest absolute Gasteiger partial charge is 0.215 e. The van der Waals surface area contributed by atoms with Crippen molar-refractivity contribution in [3.8, 4) is 0 Å². The van der Waals surface area contributed by atoms with Crippen molar-refractivity contribution < 1.29 is 13.2 Å². The van der Waals surface area contributed by atoms with Crippen LogP contribution in [0, 0.1) is 6.92 Å². The molecule has 3 unspecified atom stereocenters. The minimum Gasteiger partial charge on any atom is -0.375 e. The Morgan fingerprint density at radius 2 is 1.88 bits per heavy atom. The summed E-state index contributed by atoms with van der Waals surface area (Å²) in [5.41, 5.74) is 2.75. The minimum absolute atomic E-state index is 0.162. The maximum absolute atomic E-state index is 13.5. The van der Waals surface area contributed by atoms with Crippen LogP contribution in [-0.2, 0) is 21.4 Å². The molecule has 3 atom stereocenters. The molecule has 1 aliphatic rings. The standard InChI is InChI=1S/C25H35N5O3S/c1-4-29(5-2)21-12-13-22(15-21)34(31,32)28-23(18-33-17-20-9-7-6-8-10-20)25-27-26-24-14-11-19(3)16-30(24)25/h6-11,14,16,21-23,28H,4-5,12-13,15,17-18H2,1-3H3. The van der Waals surface area contributed by atoms with Crippen LogP contribution in [0.3, 0.4) is 0 Å². The Hall–Kier alpha value is -2.33. The van der Waals surface area contributed by atoms with Crippen molar-refractivity contribution in [2.45, 2.75) is 64.0 Å². The molecular formula is C25H35N5O3S. The molecule has 1 fully saturated rings. The van der Waals surface area contributed by atoms with Gasteiger partial charge in [0.2, 0.25) is 10.0 Å². The lowest BCUT2D eigenvalue weighted by atomic mass is 10.2. The van der Waals surface area contributed by atoms with E-state index < -0.39 is 21.3 Å². The molecule has 0 aliphatic heterocycles. The van der Waals surface area contributed by atoms with Crippen molar-refractivity contribution in [1.82, 2.24) is 24.2 Å². The van der Waals surface area contributed by atoms with Crippen LogP contribution in [-0.4, -0.2) is 58.9 Å². The molecule has 1 saturated carbocycles. The number of benzene rings is 1. The molecule has 9 heteroatoms. The van der Waals surface area contributed by atoms with Gasteiger partial charge in [-0.2, -0.15) is 0 Å². The molecule has 0 amide bonds. The fourth-order valence-corrected chi connectivity index (χ4v) is 6.53. The van der Waals surface area contributed by atoms with Crippen LogP contribution in [0.1, 0.15) is 56.1 Å². The second-order valence-corrected chi connectivity index (χ2v) is 11.0. The van der Waals surface area contributed by atoms with E-state index in [0.29, 0.717) is 37.0 Å². The summed E-state index contributed by atoms with van der Waals surface area (Å²) in [7, 11) is -3.58. The summed E-state index contributed by atoms with van der Waals surface area (Å²) in [4.78, 5) is 2.35. The van der Waals surface area contributed by atoms with Gasteiger partial charge in [0.1, 0.15) is 6.04 Å². The number of nitrogens with one attached hydrogen (secondary N) is 1.